The molecule has 0 bridgehead atoms. The number of anilines is 2. The first-order valence-corrected chi connectivity index (χ1v) is 8.37. The molecule has 1 fully saturated rings. The maximum atomic E-state index is 13.6. The van der Waals surface area contributed by atoms with Crippen molar-refractivity contribution in [2.24, 2.45) is 5.92 Å². The van der Waals surface area contributed by atoms with Gasteiger partial charge in [-0.1, -0.05) is 28.1 Å². The Hall–Kier alpha value is -2.21. The maximum absolute atomic E-state index is 13.6. The van der Waals surface area contributed by atoms with Crippen LogP contribution in [0.25, 0.3) is 0 Å². The Kier molecular flexibility index (Phi) is 4.66. The van der Waals surface area contributed by atoms with E-state index in [0.29, 0.717) is 5.69 Å². The monoisotopic (exact) mass is 390 g/mol. The number of hydrogen-bond acceptors (Lipinski definition) is 2. The molecule has 124 valence electrons. The van der Waals surface area contributed by atoms with Crippen molar-refractivity contribution in [2.45, 2.75) is 19.3 Å². The van der Waals surface area contributed by atoms with Gasteiger partial charge in [0.25, 0.3) is 0 Å². The molecule has 4 nitrogen and oxygen atoms in total. The van der Waals surface area contributed by atoms with Gasteiger partial charge in [-0.25, -0.2) is 4.39 Å². The van der Waals surface area contributed by atoms with Crippen LogP contribution in [0.2, 0.25) is 0 Å². The first kappa shape index (κ1) is 16.6. The zero-order valence-electron chi connectivity index (χ0n) is 13.0. The second kappa shape index (κ2) is 6.73. The zero-order valence-corrected chi connectivity index (χ0v) is 14.6. The SMILES string of the molecule is CC(=O)Nc1cc(NC(=O)C2CC2c2ccc(Br)cc2)ccc1F. The Morgan fingerprint density at radius 3 is 2.50 bits per heavy atom. The van der Waals surface area contributed by atoms with Crippen molar-refractivity contribution in [1.29, 1.82) is 0 Å². The first-order valence-electron chi connectivity index (χ1n) is 7.57. The summed E-state index contributed by atoms with van der Waals surface area (Å²) in [4.78, 5) is 23.4. The summed E-state index contributed by atoms with van der Waals surface area (Å²) >= 11 is 3.39. The summed E-state index contributed by atoms with van der Waals surface area (Å²) < 4.78 is 14.6. The van der Waals surface area contributed by atoms with Crippen LogP contribution in [0.5, 0.6) is 0 Å². The fourth-order valence-corrected chi connectivity index (χ4v) is 2.95. The topological polar surface area (TPSA) is 58.2 Å². The van der Waals surface area contributed by atoms with Crippen molar-refractivity contribution in [3.63, 3.8) is 0 Å². The normalized spacial score (nSPS) is 18.8. The van der Waals surface area contributed by atoms with Gasteiger partial charge in [0.1, 0.15) is 5.82 Å². The van der Waals surface area contributed by atoms with E-state index in [1.807, 2.05) is 24.3 Å². The lowest BCUT2D eigenvalue weighted by Gasteiger charge is -2.09. The Labute approximate surface area is 147 Å². The molecule has 1 aliphatic rings. The van der Waals surface area contributed by atoms with Gasteiger partial charge in [-0.2, -0.15) is 0 Å². The summed E-state index contributed by atoms with van der Waals surface area (Å²) in [6, 6.07) is 12.1. The van der Waals surface area contributed by atoms with Crippen LogP contribution in [0, 0.1) is 11.7 Å². The highest BCUT2D eigenvalue weighted by Gasteiger charge is 2.43. The van der Waals surface area contributed by atoms with E-state index in [2.05, 4.69) is 26.6 Å². The molecule has 0 heterocycles. The molecule has 1 saturated carbocycles. The third-order valence-corrected chi connectivity index (χ3v) is 4.50. The van der Waals surface area contributed by atoms with Gasteiger partial charge in [0.05, 0.1) is 5.69 Å². The van der Waals surface area contributed by atoms with Crippen molar-refractivity contribution in [2.75, 3.05) is 10.6 Å². The molecule has 0 aromatic heterocycles. The van der Waals surface area contributed by atoms with Crippen LogP contribution in [0.4, 0.5) is 15.8 Å². The molecule has 2 aromatic rings. The van der Waals surface area contributed by atoms with Crippen LogP contribution in [-0.2, 0) is 9.59 Å². The predicted molar refractivity (Wildman–Crippen MR) is 94.3 cm³/mol. The van der Waals surface area contributed by atoms with E-state index in [1.54, 1.807) is 0 Å². The summed E-state index contributed by atoms with van der Waals surface area (Å²) in [6.45, 7) is 1.30. The van der Waals surface area contributed by atoms with Gasteiger partial charge in [-0.3, -0.25) is 9.59 Å². The molecule has 2 aromatic carbocycles. The quantitative estimate of drug-likeness (QED) is 0.817. The Morgan fingerprint density at radius 1 is 1.12 bits per heavy atom. The second-order valence-electron chi connectivity index (χ2n) is 5.87. The van der Waals surface area contributed by atoms with E-state index in [0.717, 1.165) is 16.5 Å². The number of carbonyl (C=O) groups is 2. The summed E-state index contributed by atoms with van der Waals surface area (Å²) in [6.07, 6.45) is 0.799. The molecule has 0 aliphatic heterocycles. The van der Waals surface area contributed by atoms with E-state index in [9.17, 15) is 14.0 Å². The lowest BCUT2D eigenvalue weighted by Crippen LogP contribution is -2.15. The predicted octanol–water partition coefficient (Wildman–Crippen LogP) is 4.29. The number of rotatable bonds is 4. The molecule has 0 radical (unpaired) electrons. The van der Waals surface area contributed by atoms with Crippen molar-refractivity contribution < 1.29 is 14.0 Å². The van der Waals surface area contributed by atoms with Gasteiger partial charge in [0.15, 0.2) is 0 Å². The number of hydrogen-bond donors (Lipinski definition) is 2. The third-order valence-electron chi connectivity index (χ3n) is 3.97. The highest BCUT2D eigenvalue weighted by atomic mass is 79.9. The maximum Gasteiger partial charge on any atom is 0.228 e. The highest BCUT2D eigenvalue weighted by molar-refractivity contribution is 9.10. The average molecular weight is 391 g/mol. The molecule has 0 saturated heterocycles. The number of nitrogens with one attached hydrogen (secondary N) is 2. The van der Waals surface area contributed by atoms with Gasteiger partial charge < -0.3 is 10.6 Å². The first-order chi connectivity index (χ1) is 11.4. The summed E-state index contributed by atoms with van der Waals surface area (Å²) in [5.74, 6) is -0.866. The van der Waals surface area contributed by atoms with E-state index in [1.165, 1.54) is 25.1 Å². The van der Waals surface area contributed by atoms with E-state index < -0.39 is 5.82 Å². The van der Waals surface area contributed by atoms with E-state index >= 15 is 0 Å². The number of amides is 2. The van der Waals surface area contributed by atoms with Crippen molar-refractivity contribution in [3.05, 3.63) is 58.3 Å². The molecule has 2 unspecified atom stereocenters. The molecule has 24 heavy (non-hydrogen) atoms. The molecule has 2 amide bonds. The molecule has 3 rings (SSSR count). The van der Waals surface area contributed by atoms with Gasteiger partial charge in [-0.15, -0.1) is 0 Å². The summed E-state index contributed by atoms with van der Waals surface area (Å²) in [7, 11) is 0. The molecule has 2 N–H and O–H groups in total. The van der Waals surface area contributed by atoms with Gasteiger partial charge >= 0.3 is 0 Å². The van der Waals surface area contributed by atoms with Crippen LogP contribution in [0.15, 0.2) is 46.9 Å². The zero-order chi connectivity index (χ0) is 17.3. The largest absolute Gasteiger partial charge is 0.326 e. The fourth-order valence-electron chi connectivity index (χ4n) is 2.69. The van der Waals surface area contributed by atoms with Gasteiger partial charge in [0.2, 0.25) is 11.8 Å². The average Bonchev–Trinajstić information content (AvgIpc) is 3.31. The number of carbonyl (C=O) groups excluding carboxylic acids is 2. The van der Waals surface area contributed by atoms with Crippen molar-refractivity contribution >= 4 is 39.1 Å². The number of halogens is 2. The lowest BCUT2D eigenvalue weighted by molar-refractivity contribution is -0.117. The molecular weight excluding hydrogens is 375 g/mol. The van der Waals surface area contributed by atoms with Crippen LogP contribution >= 0.6 is 15.9 Å². The van der Waals surface area contributed by atoms with Crippen LogP contribution < -0.4 is 10.6 Å². The third kappa shape index (κ3) is 3.82. The smallest absolute Gasteiger partial charge is 0.228 e. The van der Waals surface area contributed by atoms with Crippen LogP contribution in [0.1, 0.15) is 24.8 Å². The Morgan fingerprint density at radius 2 is 1.83 bits per heavy atom. The van der Waals surface area contributed by atoms with Crippen LogP contribution in [0.3, 0.4) is 0 Å². The Balaban J connectivity index is 1.65. The highest BCUT2D eigenvalue weighted by Crippen LogP contribution is 2.48. The van der Waals surface area contributed by atoms with Crippen LogP contribution in [-0.4, -0.2) is 11.8 Å². The molecule has 1 aliphatic carbocycles. The standard InChI is InChI=1S/C18H16BrFN2O2/c1-10(23)21-17-8-13(6-7-16(17)20)22-18(24)15-9-14(15)11-2-4-12(19)5-3-11/h2-8,14-15H,9H2,1H3,(H,21,23)(H,22,24). The van der Waals surface area contributed by atoms with Gasteiger partial charge in [0, 0.05) is 23.0 Å². The van der Waals surface area contributed by atoms with E-state index in [4.69, 9.17) is 0 Å². The summed E-state index contributed by atoms with van der Waals surface area (Å²) in [5.41, 5.74) is 1.66. The minimum Gasteiger partial charge on any atom is -0.326 e. The summed E-state index contributed by atoms with van der Waals surface area (Å²) in [5, 5.41) is 5.19. The fraction of sp³-hybridized carbons (Fsp3) is 0.222. The second-order valence-corrected chi connectivity index (χ2v) is 6.78. The molecule has 6 heteroatoms. The Bertz CT molecular complexity index is 792. The number of benzene rings is 2. The molecule has 2 atom stereocenters. The van der Waals surface area contributed by atoms with Gasteiger partial charge in [-0.05, 0) is 48.2 Å². The molecular formula is C18H16BrFN2O2. The molecule has 0 spiro atoms. The minimum atomic E-state index is -0.539. The minimum absolute atomic E-state index is 0.0561. The van der Waals surface area contributed by atoms with Crippen molar-refractivity contribution in [1.82, 2.24) is 0 Å². The lowest BCUT2D eigenvalue weighted by atomic mass is 10.1. The van der Waals surface area contributed by atoms with Crippen molar-refractivity contribution in [3.8, 4) is 0 Å². The van der Waals surface area contributed by atoms with E-state index in [-0.39, 0.29) is 29.3 Å².